The average Bonchev–Trinajstić information content (AvgIpc) is 2.66. The van der Waals surface area contributed by atoms with Crippen LogP contribution in [0.1, 0.15) is 11.7 Å². The predicted molar refractivity (Wildman–Crippen MR) is 70.3 cm³/mol. The summed E-state index contributed by atoms with van der Waals surface area (Å²) in [6.07, 6.45) is -1.51. The first-order valence-corrected chi connectivity index (χ1v) is 6.49. The van der Waals surface area contributed by atoms with Gasteiger partial charge in [0.2, 0.25) is 0 Å². The van der Waals surface area contributed by atoms with Crippen molar-refractivity contribution < 1.29 is 28.2 Å². The van der Waals surface area contributed by atoms with Gasteiger partial charge >= 0.3 is 0 Å². The minimum atomic E-state index is -3.11. The smallest absolute Gasteiger partial charge is 0.288 e. The van der Waals surface area contributed by atoms with Gasteiger partial charge in [0.1, 0.15) is 12.4 Å². The Morgan fingerprint density at radius 2 is 2.29 bits per heavy atom. The summed E-state index contributed by atoms with van der Waals surface area (Å²) in [4.78, 5) is 13.1. The lowest BCUT2D eigenvalue weighted by Gasteiger charge is -2.25. The molecule has 1 N–H and O–H groups in total. The molecule has 0 aliphatic carbocycles. The van der Waals surface area contributed by atoms with Crippen LogP contribution in [0, 0.1) is 0 Å². The van der Waals surface area contributed by atoms with Gasteiger partial charge in [0.15, 0.2) is 6.10 Å². The van der Waals surface area contributed by atoms with Crippen molar-refractivity contribution in [2.24, 2.45) is 0 Å². The minimum absolute atomic E-state index is 0.0200. The van der Waals surface area contributed by atoms with Crippen LogP contribution < -0.4 is 4.74 Å². The number of rotatable bonds is 3. The molecule has 0 spiro atoms. The molecule has 116 valence electrons. The first-order chi connectivity index (χ1) is 9.93. The first kappa shape index (κ1) is 15.7. The Hall–Kier alpha value is -1.73. The summed E-state index contributed by atoms with van der Waals surface area (Å²) in [5.41, 5.74) is 0.299. The van der Waals surface area contributed by atoms with E-state index in [9.17, 15) is 18.7 Å². The highest BCUT2D eigenvalue weighted by Gasteiger charge is 2.38. The summed E-state index contributed by atoms with van der Waals surface area (Å²) in [6, 6.07) is 6.31. The molecular formula is C14H17F2NO4. The van der Waals surface area contributed by atoms with E-state index in [-0.39, 0.29) is 13.2 Å². The summed E-state index contributed by atoms with van der Waals surface area (Å²) in [5, 5.41) is 10.1. The maximum Gasteiger partial charge on any atom is 0.288 e. The van der Waals surface area contributed by atoms with Crippen LogP contribution in [0.4, 0.5) is 8.78 Å². The van der Waals surface area contributed by atoms with E-state index in [1.54, 1.807) is 12.1 Å². The van der Waals surface area contributed by atoms with E-state index in [2.05, 4.69) is 0 Å². The monoisotopic (exact) mass is 301 g/mol. The van der Waals surface area contributed by atoms with Gasteiger partial charge in [-0.25, -0.2) is 8.78 Å². The standard InChI is InChI=1S/C14H17F2NO4/c1-20-11-4-2-3-10(7-11)12(18)13(19)17-5-6-21-9-14(15,16)8-17/h2-4,7,12,18H,5-6,8-9H2,1H3. The normalized spacial score (nSPS) is 19.7. The molecule has 1 amide bonds. The number of carbonyl (C=O) groups is 1. The molecule has 1 unspecified atom stereocenters. The molecule has 0 aromatic heterocycles. The molecule has 7 heteroatoms. The Bertz CT molecular complexity index is 510. The summed E-state index contributed by atoms with van der Waals surface area (Å²) >= 11 is 0. The third kappa shape index (κ3) is 3.89. The second-order valence-electron chi connectivity index (χ2n) is 4.85. The van der Waals surface area contributed by atoms with E-state index in [0.717, 1.165) is 4.90 Å². The number of nitrogens with zero attached hydrogens (tertiary/aromatic N) is 1. The van der Waals surface area contributed by atoms with E-state index in [4.69, 9.17) is 9.47 Å². The highest BCUT2D eigenvalue weighted by atomic mass is 19.3. The Labute approximate surface area is 121 Å². The molecule has 1 aromatic carbocycles. The molecule has 1 saturated heterocycles. The number of aliphatic hydroxyl groups excluding tert-OH is 1. The molecule has 2 rings (SSSR count). The fourth-order valence-corrected chi connectivity index (χ4v) is 2.12. The lowest BCUT2D eigenvalue weighted by molar-refractivity contribution is -0.145. The van der Waals surface area contributed by atoms with Gasteiger partial charge in [-0.15, -0.1) is 0 Å². The summed E-state index contributed by atoms with van der Waals surface area (Å²) in [5.74, 6) is -3.41. The van der Waals surface area contributed by atoms with Gasteiger partial charge in [-0.05, 0) is 17.7 Å². The summed E-state index contributed by atoms with van der Waals surface area (Å²) in [6.45, 7) is -1.43. The van der Waals surface area contributed by atoms with Crippen molar-refractivity contribution in [3.8, 4) is 5.75 Å². The fourth-order valence-electron chi connectivity index (χ4n) is 2.12. The molecule has 1 aliphatic heterocycles. The summed E-state index contributed by atoms with van der Waals surface area (Å²) in [7, 11) is 1.46. The van der Waals surface area contributed by atoms with Crippen molar-refractivity contribution in [1.29, 1.82) is 0 Å². The third-order valence-corrected chi connectivity index (χ3v) is 3.20. The largest absolute Gasteiger partial charge is 0.497 e. The summed E-state index contributed by atoms with van der Waals surface area (Å²) < 4.78 is 36.7. The third-order valence-electron chi connectivity index (χ3n) is 3.20. The molecule has 1 aliphatic rings. The zero-order valence-electron chi connectivity index (χ0n) is 11.6. The number of benzene rings is 1. The number of aliphatic hydroxyl groups is 1. The minimum Gasteiger partial charge on any atom is -0.497 e. The van der Waals surface area contributed by atoms with Gasteiger partial charge in [-0.3, -0.25) is 4.79 Å². The Morgan fingerprint density at radius 1 is 1.52 bits per heavy atom. The van der Waals surface area contributed by atoms with Crippen LogP contribution in [0.15, 0.2) is 24.3 Å². The molecule has 1 aromatic rings. The zero-order chi connectivity index (χ0) is 15.5. The van der Waals surface area contributed by atoms with Crippen LogP contribution in [0.2, 0.25) is 0 Å². The Morgan fingerprint density at radius 3 is 3.00 bits per heavy atom. The molecular weight excluding hydrogens is 284 g/mol. The highest BCUT2D eigenvalue weighted by Crippen LogP contribution is 2.24. The molecule has 0 bridgehead atoms. The van der Waals surface area contributed by atoms with Gasteiger partial charge < -0.3 is 19.5 Å². The van der Waals surface area contributed by atoms with E-state index in [0.29, 0.717) is 11.3 Å². The lowest BCUT2D eigenvalue weighted by atomic mass is 10.1. The second-order valence-corrected chi connectivity index (χ2v) is 4.85. The Balaban J connectivity index is 2.13. The van der Waals surface area contributed by atoms with Crippen LogP contribution in [-0.4, -0.2) is 55.2 Å². The predicted octanol–water partition coefficient (Wildman–Crippen LogP) is 1.22. The maximum absolute atomic E-state index is 13.4. The Kier molecular flexibility index (Phi) is 4.74. The molecule has 1 atom stereocenters. The van der Waals surface area contributed by atoms with Crippen LogP contribution in [0.3, 0.4) is 0 Å². The number of amides is 1. The van der Waals surface area contributed by atoms with E-state index in [1.165, 1.54) is 19.2 Å². The quantitative estimate of drug-likeness (QED) is 0.912. The van der Waals surface area contributed by atoms with Crippen molar-refractivity contribution >= 4 is 5.91 Å². The van der Waals surface area contributed by atoms with E-state index < -0.39 is 31.1 Å². The molecule has 21 heavy (non-hydrogen) atoms. The van der Waals surface area contributed by atoms with Crippen molar-refractivity contribution in [1.82, 2.24) is 4.90 Å². The van der Waals surface area contributed by atoms with Gasteiger partial charge in [-0.1, -0.05) is 12.1 Å². The van der Waals surface area contributed by atoms with Gasteiger partial charge in [0.25, 0.3) is 11.8 Å². The number of methoxy groups -OCH3 is 1. The van der Waals surface area contributed by atoms with Gasteiger partial charge in [-0.2, -0.15) is 0 Å². The number of ether oxygens (including phenoxy) is 2. The van der Waals surface area contributed by atoms with Crippen LogP contribution in [0.5, 0.6) is 5.75 Å². The van der Waals surface area contributed by atoms with Crippen LogP contribution in [-0.2, 0) is 9.53 Å². The average molecular weight is 301 g/mol. The van der Waals surface area contributed by atoms with Gasteiger partial charge in [0, 0.05) is 6.54 Å². The van der Waals surface area contributed by atoms with Crippen LogP contribution in [0.25, 0.3) is 0 Å². The molecule has 5 nitrogen and oxygen atoms in total. The molecule has 0 radical (unpaired) electrons. The number of alkyl halides is 2. The van der Waals surface area contributed by atoms with Crippen molar-refractivity contribution in [3.05, 3.63) is 29.8 Å². The van der Waals surface area contributed by atoms with E-state index >= 15 is 0 Å². The molecule has 1 heterocycles. The topological polar surface area (TPSA) is 59.0 Å². The number of hydrogen-bond acceptors (Lipinski definition) is 4. The molecule has 1 fully saturated rings. The van der Waals surface area contributed by atoms with Crippen LogP contribution >= 0.6 is 0 Å². The second kappa shape index (κ2) is 6.36. The van der Waals surface area contributed by atoms with Crippen molar-refractivity contribution in [3.63, 3.8) is 0 Å². The molecule has 0 saturated carbocycles. The first-order valence-electron chi connectivity index (χ1n) is 6.49. The lowest BCUT2D eigenvalue weighted by Crippen LogP contribution is -2.43. The number of halogens is 2. The van der Waals surface area contributed by atoms with Crippen molar-refractivity contribution in [2.45, 2.75) is 12.0 Å². The highest BCUT2D eigenvalue weighted by molar-refractivity contribution is 5.82. The maximum atomic E-state index is 13.4. The van der Waals surface area contributed by atoms with Crippen molar-refractivity contribution in [2.75, 3.05) is 33.4 Å². The van der Waals surface area contributed by atoms with E-state index in [1.807, 2.05) is 0 Å². The fraction of sp³-hybridized carbons (Fsp3) is 0.500. The SMILES string of the molecule is COc1cccc(C(O)C(=O)N2CCOCC(F)(F)C2)c1. The number of carbonyl (C=O) groups excluding carboxylic acids is 1. The van der Waals surface area contributed by atoms with Gasteiger partial charge in [0.05, 0.1) is 20.3 Å². The zero-order valence-corrected chi connectivity index (χ0v) is 11.6. The number of hydrogen-bond donors (Lipinski definition) is 1.